The normalized spacial score (nSPS) is 21.5. The number of rotatable bonds is 6. The first-order valence-electron chi connectivity index (χ1n) is 13.7. The molecule has 1 saturated heterocycles. The standard InChI is InChI=1S/C31H35F3N2O2S/c1-23-14-16-28(17-15-23)39(37,38)36(27-11-7-10-25(22-27)31(32,33)34)26-18-20-35(21-19-26)30-13-6-5-12-29(30)24-8-3-2-4-9-24/h2-4,7-11,14-17,22,26,29-30H,5-6,12-13,18-21H2,1H3/t29-,30-/m1/s1. The molecular formula is C31H35F3N2O2S. The van der Waals surface area contributed by atoms with Gasteiger partial charge in [-0.05, 0) is 74.4 Å². The summed E-state index contributed by atoms with van der Waals surface area (Å²) in [5, 5.41) is 0. The minimum Gasteiger partial charge on any atom is -0.300 e. The zero-order chi connectivity index (χ0) is 27.6. The highest BCUT2D eigenvalue weighted by atomic mass is 32.2. The second kappa shape index (κ2) is 11.3. The number of halogens is 3. The summed E-state index contributed by atoms with van der Waals surface area (Å²) in [4.78, 5) is 2.57. The van der Waals surface area contributed by atoms with Gasteiger partial charge in [-0.3, -0.25) is 9.21 Å². The van der Waals surface area contributed by atoms with Crippen molar-refractivity contribution < 1.29 is 21.6 Å². The van der Waals surface area contributed by atoms with Crippen molar-refractivity contribution in [1.82, 2.24) is 4.90 Å². The fraction of sp³-hybridized carbons (Fsp3) is 0.419. The Balaban J connectivity index is 1.43. The quantitative estimate of drug-likeness (QED) is 0.318. The van der Waals surface area contributed by atoms with Crippen molar-refractivity contribution >= 4 is 15.7 Å². The summed E-state index contributed by atoms with van der Waals surface area (Å²) in [5.41, 5.74) is 1.46. The number of likely N-dealkylation sites (tertiary alicyclic amines) is 1. The minimum absolute atomic E-state index is 0.0590. The number of aryl methyl sites for hydroxylation is 1. The summed E-state index contributed by atoms with van der Waals surface area (Å²) in [7, 11) is -4.08. The molecule has 0 N–H and O–H groups in total. The van der Waals surface area contributed by atoms with E-state index in [1.54, 1.807) is 12.1 Å². The van der Waals surface area contributed by atoms with Crippen LogP contribution >= 0.6 is 0 Å². The first-order valence-corrected chi connectivity index (χ1v) is 15.2. The second-order valence-electron chi connectivity index (χ2n) is 10.8. The Morgan fingerprint density at radius 3 is 2.15 bits per heavy atom. The van der Waals surface area contributed by atoms with Crippen molar-refractivity contribution in [3.05, 3.63) is 95.6 Å². The molecular weight excluding hydrogens is 521 g/mol. The van der Waals surface area contributed by atoms with Crippen molar-refractivity contribution in [1.29, 1.82) is 0 Å². The van der Waals surface area contributed by atoms with Crippen LogP contribution in [-0.2, 0) is 16.2 Å². The molecule has 0 unspecified atom stereocenters. The number of sulfonamides is 1. The maximum atomic E-state index is 14.0. The van der Waals surface area contributed by atoms with E-state index < -0.39 is 27.8 Å². The fourth-order valence-corrected chi connectivity index (χ4v) is 7.98. The average Bonchev–Trinajstić information content (AvgIpc) is 2.94. The molecule has 3 aromatic rings. The van der Waals surface area contributed by atoms with Gasteiger partial charge in [-0.2, -0.15) is 13.2 Å². The molecule has 1 heterocycles. The van der Waals surface area contributed by atoms with E-state index in [4.69, 9.17) is 0 Å². The lowest BCUT2D eigenvalue weighted by atomic mass is 9.78. The highest BCUT2D eigenvalue weighted by Crippen LogP contribution is 2.39. The summed E-state index contributed by atoms with van der Waals surface area (Å²) in [6.07, 6.45) is 1.15. The van der Waals surface area contributed by atoms with Crippen molar-refractivity contribution in [3.63, 3.8) is 0 Å². The molecule has 2 aliphatic rings. The van der Waals surface area contributed by atoms with E-state index in [2.05, 4.69) is 29.2 Å². The first-order chi connectivity index (χ1) is 18.6. The van der Waals surface area contributed by atoms with Crippen molar-refractivity contribution in [3.8, 4) is 0 Å². The summed E-state index contributed by atoms with van der Waals surface area (Å²) in [5.74, 6) is 0.437. The molecule has 5 rings (SSSR count). The van der Waals surface area contributed by atoms with Crippen LogP contribution in [0.2, 0.25) is 0 Å². The summed E-state index contributed by atoms with van der Waals surface area (Å²) in [6, 6.07) is 21.7. The van der Waals surface area contributed by atoms with Gasteiger partial charge >= 0.3 is 6.18 Å². The van der Waals surface area contributed by atoms with Gasteiger partial charge in [0.05, 0.1) is 16.1 Å². The van der Waals surface area contributed by atoms with E-state index in [1.807, 2.05) is 13.0 Å². The maximum absolute atomic E-state index is 14.0. The van der Waals surface area contributed by atoms with Gasteiger partial charge in [0.1, 0.15) is 0 Å². The van der Waals surface area contributed by atoms with Crippen LogP contribution in [0.5, 0.6) is 0 Å². The fourth-order valence-electron chi connectivity index (χ4n) is 6.28. The van der Waals surface area contributed by atoms with Crippen LogP contribution in [0.25, 0.3) is 0 Å². The van der Waals surface area contributed by atoms with E-state index in [9.17, 15) is 21.6 Å². The van der Waals surface area contributed by atoms with Crippen LogP contribution in [0, 0.1) is 6.92 Å². The molecule has 39 heavy (non-hydrogen) atoms. The van der Waals surface area contributed by atoms with Gasteiger partial charge < -0.3 is 0 Å². The van der Waals surface area contributed by atoms with Gasteiger partial charge in [0.15, 0.2) is 0 Å². The van der Waals surface area contributed by atoms with Crippen LogP contribution < -0.4 is 4.31 Å². The van der Waals surface area contributed by atoms with Gasteiger partial charge in [0, 0.05) is 25.2 Å². The summed E-state index contributed by atoms with van der Waals surface area (Å²) < 4.78 is 70.0. The molecule has 1 aliphatic heterocycles. The third kappa shape index (κ3) is 6.02. The zero-order valence-electron chi connectivity index (χ0n) is 22.1. The number of nitrogens with zero attached hydrogens (tertiary/aromatic N) is 2. The predicted octanol–water partition coefficient (Wildman–Crippen LogP) is 7.40. The highest BCUT2D eigenvalue weighted by Gasteiger charge is 2.39. The Hall–Kier alpha value is -2.84. The predicted molar refractivity (Wildman–Crippen MR) is 148 cm³/mol. The highest BCUT2D eigenvalue weighted by molar-refractivity contribution is 7.92. The molecule has 1 saturated carbocycles. The number of alkyl halides is 3. The van der Waals surface area contributed by atoms with E-state index in [1.165, 1.54) is 47.0 Å². The van der Waals surface area contributed by atoms with Crippen LogP contribution in [0.1, 0.15) is 61.1 Å². The third-order valence-corrected chi connectivity index (χ3v) is 10.2. The molecule has 2 atom stereocenters. The zero-order valence-corrected chi connectivity index (χ0v) is 23.0. The molecule has 3 aromatic carbocycles. The van der Waals surface area contributed by atoms with Gasteiger partial charge in [-0.25, -0.2) is 8.42 Å². The Bertz CT molecular complexity index is 1350. The monoisotopic (exact) mass is 556 g/mol. The van der Waals surface area contributed by atoms with Crippen LogP contribution in [-0.4, -0.2) is 38.5 Å². The molecule has 4 nitrogen and oxygen atoms in total. The minimum atomic E-state index is -4.56. The molecule has 0 radical (unpaired) electrons. The molecule has 2 fully saturated rings. The molecule has 0 aromatic heterocycles. The van der Waals surface area contributed by atoms with Crippen molar-refractivity contribution in [2.75, 3.05) is 17.4 Å². The van der Waals surface area contributed by atoms with Crippen LogP contribution in [0.15, 0.2) is 83.8 Å². The third-order valence-electron chi connectivity index (χ3n) is 8.26. The van der Waals surface area contributed by atoms with E-state index >= 15 is 0 Å². The lowest BCUT2D eigenvalue weighted by Gasteiger charge is -2.45. The molecule has 8 heteroatoms. The lowest BCUT2D eigenvalue weighted by molar-refractivity contribution is -0.137. The lowest BCUT2D eigenvalue weighted by Crippen LogP contribution is -2.51. The van der Waals surface area contributed by atoms with E-state index in [0.29, 0.717) is 37.9 Å². The van der Waals surface area contributed by atoms with Gasteiger partial charge in [-0.15, -0.1) is 0 Å². The Morgan fingerprint density at radius 2 is 1.49 bits per heavy atom. The average molecular weight is 557 g/mol. The number of piperidine rings is 1. The van der Waals surface area contributed by atoms with Crippen LogP contribution in [0.4, 0.5) is 18.9 Å². The second-order valence-corrected chi connectivity index (χ2v) is 12.6. The molecule has 0 spiro atoms. The molecule has 208 valence electrons. The van der Waals surface area contributed by atoms with Crippen LogP contribution in [0.3, 0.4) is 0 Å². The Kier molecular flexibility index (Phi) is 8.06. The largest absolute Gasteiger partial charge is 0.416 e. The number of anilines is 1. The Labute approximate surface area is 229 Å². The SMILES string of the molecule is Cc1ccc(S(=O)(=O)N(c2cccc(C(F)(F)F)c2)C2CCN([C@@H]3CCCC[C@@H]3c3ccccc3)CC2)cc1. The van der Waals surface area contributed by atoms with Crippen molar-refractivity contribution in [2.24, 2.45) is 0 Å². The first kappa shape index (κ1) is 27.7. The molecule has 1 aliphatic carbocycles. The van der Waals surface area contributed by atoms with Gasteiger partial charge in [0.2, 0.25) is 0 Å². The topological polar surface area (TPSA) is 40.6 Å². The van der Waals surface area contributed by atoms with E-state index in [0.717, 1.165) is 30.5 Å². The molecule has 0 amide bonds. The molecule has 0 bridgehead atoms. The summed E-state index contributed by atoms with van der Waals surface area (Å²) in [6.45, 7) is 3.28. The van der Waals surface area contributed by atoms with Crippen molar-refractivity contribution in [2.45, 2.75) is 74.5 Å². The Morgan fingerprint density at radius 1 is 0.821 bits per heavy atom. The number of benzene rings is 3. The number of hydrogen-bond donors (Lipinski definition) is 0. The van der Waals surface area contributed by atoms with E-state index in [-0.39, 0.29) is 10.6 Å². The van der Waals surface area contributed by atoms with Gasteiger partial charge in [-0.1, -0.05) is 66.9 Å². The smallest absolute Gasteiger partial charge is 0.300 e. The number of hydrogen-bond acceptors (Lipinski definition) is 3. The maximum Gasteiger partial charge on any atom is 0.416 e. The summed E-state index contributed by atoms with van der Waals surface area (Å²) >= 11 is 0. The van der Waals surface area contributed by atoms with Gasteiger partial charge in [0.25, 0.3) is 10.0 Å².